The first kappa shape index (κ1) is 10.2. The van der Waals surface area contributed by atoms with E-state index in [0.29, 0.717) is 17.8 Å². The smallest absolute Gasteiger partial charge is 0.233 e. The van der Waals surface area contributed by atoms with Gasteiger partial charge in [-0.25, -0.2) is 0 Å². The normalized spacial score (nSPS) is 26.2. The second kappa shape index (κ2) is 4.47. The van der Waals surface area contributed by atoms with Crippen LogP contribution in [0.5, 0.6) is 5.88 Å². The zero-order valence-corrected chi connectivity index (χ0v) is 9.02. The molecule has 2 N–H and O–H groups in total. The van der Waals surface area contributed by atoms with Crippen molar-refractivity contribution in [1.82, 2.24) is 10.2 Å². The second-order valence-corrected chi connectivity index (χ2v) is 4.31. The van der Waals surface area contributed by atoms with E-state index in [9.17, 15) is 0 Å². The van der Waals surface area contributed by atoms with E-state index in [1.165, 1.54) is 12.8 Å². The van der Waals surface area contributed by atoms with Gasteiger partial charge in [-0.05, 0) is 31.2 Å². The summed E-state index contributed by atoms with van der Waals surface area (Å²) in [7, 11) is 0. The first-order chi connectivity index (χ1) is 7.24. The lowest BCUT2D eigenvalue weighted by atomic mass is 9.89. The molecule has 1 aromatic rings. The average Bonchev–Trinajstić information content (AvgIpc) is 2.22. The Bertz CT molecular complexity index is 312. The standard InChI is InChI=1S/C11H17N3O/c1-8-3-2-4-9(7-8)15-11-6-5-10(12)13-14-11/h5-6,8-9H,2-4,7H2,1H3,(H2,12,13). The molecule has 2 atom stereocenters. The molecular formula is C11H17N3O. The van der Waals surface area contributed by atoms with Gasteiger partial charge < -0.3 is 10.5 Å². The van der Waals surface area contributed by atoms with Gasteiger partial charge in [-0.3, -0.25) is 0 Å². The monoisotopic (exact) mass is 207 g/mol. The van der Waals surface area contributed by atoms with Crippen LogP contribution in [0.2, 0.25) is 0 Å². The fourth-order valence-corrected chi connectivity index (χ4v) is 2.05. The van der Waals surface area contributed by atoms with Crippen molar-refractivity contribution in [2.45, 2.75) is 38.7 Å². The molecule has 4 heteroatoms. The minimum atomic E-state index is 0.298. The van der Waals surface area contributed by atoms with Crippen molar-refractivity contribution in [3.63, 3.8) is 0 Å². The van der Waals surface area contributed by atoms with Crippen LogP contribution in [0.15, 0.2) is 12.1 Å². The average molecular weight is 207 g/mol. The molecule has 2 rings (SSSR count). The first-order valence-electron chi connectivity index (χ1n) is 5.50. The number of rotatable bonds is 2. The molecule has 82 valence electrons. The van der Waals surface area contributed by atoms with Gasteiger partial charge >= 0.3 is 0 Å². The minimum Gasteiger partial charge on any atom is -0.473 e. The molecule has 4 nitrogen and oxygen atoms in total. The van der Waals surface area contributed by atoms with Crippen molar-refractivity contribution in [2.24, 2.45) is 5.92 Å². The molecule has 0 radical (unpaired) electrons. The van der Waals surface area contributed by atoms with Crippen LogP contribution >= 0.6 is 0 Å². The van der Waals surface area contributed by atoms with Gasteiger partial charge in [0.2, 0.25) is 5.88 Å². The molecule has 1 aliphatic rings. The molecule has 0 aromatic carbocycles. The Morgan fingerprint density at radius 1 is 1.33 bits per heavy atom. The fourth-order valence-electron chi connectivity index (χ4n) is 2.05. The van der Waals surface area contributed by atoms with Crippen molar-refractivity contribution in [3.05, 3.63) is 12.1 Å². The van der Waals surface area contributed by atoms with Crippen LogP contribution in [0.3, 0.4) is 0 Å². The minimum absolute atomic E-state index is 0.298. The molecule has 0 bridgehead atoms. The Balaban J connectivity index is 1.93. The molecule has 1 aliphatic carbocycles. The number of nitrogens with two attached hydrogens (primary N) is 1. The van der Waals surface area contributed by atoms with Crippen LogP contribution in [-0.4, -0.2) is 16.3 Å². The number of hydrogen-bond donors (Lipinski definition) is 1. The van der Waals surface area contributed by atoms with E-state index >= 15 is 0 Å². The molecule has 1 heterocycles. The number of nitrogen functional groups attached to an aromatic ring is 1. The summed E-state index contributed by atoms with van der Waals surface area (Å²) in [6.45, 7) is 2.27. The van der Waals surface area contributed by atoms with Gasteiger partial charge in [-0.2, -0.15) is 0 Å². The van der Waals surface area contributed by atoms with E-state index in [4.69, 9.17) is 10.5 Å². The van der Waals surface area contributed by atoms with Gasteiger partial charge in [0.05, 0.1) is 0 Å². The molecule has 0 amide bonds. The van der Waals surface area contributed by atoms with Crippen molar-refractivity contribution >= 4 is 5.82 Å². The highest BCUT2D eigenvalue weighted by Crippen LogP contribution is 2.26. The third-order valence-electron chi connectivity index (χ3n) is 2.84. The molecule has 0 aliphatic heterocycles. The lowest BCUT2D eigenvalue weighted by Crippen LogP contribution is -2.24. The van der Waals surface area contributed by atoms with Crippen LogP contribution in [0, 0.1) is 5.92 Å². The van der Waals surface area contributed by atoms with Gasteiger partial charge in [-0.15, -0.1) is 10.2 Å². The van der Waals surface area contributed by atoms with Gasteiger partial charge in [0.1, 0.15) is 11.9 Å². The molecule has 0 spiro atoms. The fraction of sp³-hybridized carbons (Fsp3) is 0.636. The molecule has 0 saturated heterocycles. The zero-order chi connectivity index (χ0) is 10.7. The number of anilines is 1. The predicted octanol–water partition coefficient (Wildman–Crippen LogP) is 2.02. The number of ether oxygens (including phenoxy) is 1. The highest BCUT2D eigenvalue weighted by Gasteiger charge is 2.20. The van der Waals surface area contributed by atoms with E-state index in [2.05, 4.69) is 17.1 Å². The quantitative estimate of drug-likeness (QED) is 0.805. The maximum Gasteiger partial charge on any atom is 0.233 e. The third-order valence-corrected chi connectivity index (χ3v) is 2.84. The largest absolute Gasteiger partial charge is 0.473 e. The number of hydrogen-bond acceptors (Lipinski definition) is 4. The van der Waals surface area contributed by atoms with E-state index < -0.39 is 0 Å². The summed E-state index contributed by atoms with van der Waals surface area (Å²) in [5.74, 6) is 1.77. The summed E-state index contributed by atoms with van der Waals surface area (Å²) in [5, 5.41) is 7.67. The third kappa shape index (κ3) is 2.81. The summed E-state index contributed by atoms with van der Waals surface area (Å²) in [4.78, 5) is 0. The van der Waals surface area contributed by atoms with E-state index in [-0.39, 0.29) is 0 Å². The van der Waals surface area contributed by atoms with Gasteiger partial charge in [0.25, 0.3) is 0 Å². The zero-order valence-electron chi connectivity index (χ0n) is 9.02. The summed E-state index contributed by atoms with van der Waals surface area (Å²) in [6, 6.07) is 3.50. The van der Waals surface area contributed by atoms with Gasteiger partial charge in [-0.1, -0.05) is 13.3 Å². The Morgan fingerprint density at radius 2 is 2.20 bits per heavy atom. The maximum absolute atomic E-state index is 5.75. The van der Waals surface area contributed by atoms with Crippen LogP contribution < -0.4 is 10.5 Å². The van der Waals surface area contributed by atoms with Gasteiger partial charge in [0.15, 0.2) is 0 Å². The van der Waals surface area contributed by atoms with Crippen molar-refractivity contribution in [1.29, 1.82) is 0 Å². The number of aromatic nitrogens is 2. The van der Waals surface area contributed by atoms with Crippen LogP contribution in [-0.2, 0) is 0 Å². The Hall–Kier alpha value is -1.32. The number of nitrogens with zero attached hydrogens (tertiary/aromatic N) is 2. The predicted molar refractivity (Wildman–Crippen MR) is 58.5 cm³/mol. The van der Waals surface area contributed by atoms with Crippen LogP contribution in [0.25, 0.3) is 0 Å². The molecule has 1 fully saturated rings. The molecule has 1 saturated carbocycles. The van der Waals surface area contributed by atoms with Crippen molar-refractivity contribution < 1.29 is 4.74 Å². The summed E-state index contributed by atoms with van der Waals surface area (Å²) >= 11 is 0. The molecule has 15 heavy (non-hydrogen) atoms. The lowest BCUT2D eigenvalue weighted by Gasteiger charge is -2.26. The Kier molecular flexibility index (Phi) is 3.04. The van der Waals surface area contributed by atoms with Crippen LogP contribution in [0.4, 0.5) is 5.82 Å². The van der Waals surface area contributed by atoms with E-state index in [0.717, 1.165) is 18.8 Å². The molecule has 1 aromatic heterocycles. The highest BCUT2D eigenvalue weighted by atomic mass is 16.5. The first-order valence-corrected chi connectivity index (χ1v) is 5.50. The van der Waals surface area contributed by atoms with Crippen molar-refractivity contribution in [2.75, 3.05) is 5.73 Å². The Morgan fingerprint density at radius 3 is 2.87 bits per heavy atom. The molecule has 2 unspecified atom stereocenters. The summed E-state index contributed by atoms with van der Waals surface area (Å²) in [6.07, 6.45) is 5.09. The summed E-state index contributed by atoms with van der Waals surface area (Å²) in [5.41, 5.74) is 5.45. The SMILES string of the molecule is CC1CCCC(Oc2ccc(N)nn2)C1. The lowest BCUT2D eigenvalue weighted by molar-refractivity contribution is 0.123. The summed E-state index contributed by atoms with van der Waals surface area (Å²) < 4.78 is 5.75. The van der Waals surface area contributed by atoms with E-state index in [1.807, 2.05) is 0 Å². The second-order valence-electron chi connectivity index (χ2n) is 4.31. The highest BCUT2D eigenvalue weighted by molar-refractivity contribution is 5.27. The molecular weight excluding hydrogens is 190 g/mol. The Labute approximate surface area is 89.8 Å². The van der Waals surface area contributed by atoms with E-state index in [1.54, 1.807) is 12.1 Å². The van der Waals surface area contributed by atoms with Gasteiger partial charge in [0, 0.05) is 6.07 Å². The maximum atomic E-state index is 5.75. The van der Waals surface area contributed by atoms with Crippen LogP contribution in [0.1, 0.15) is 32.6 Å². The topological polar surface area (TPSA) is 61.0 Å². The van der Waals surface area contributed by atoms with Crippen molar-refractivity contribution in [3.8, 4) is 5.88 Å².